The summed E-state index contributed by atoms with van der Waals surface area (Å²) in [7, 11) is 0. The van der Waals surface area contributed by atoms with Crippen LogP contribution in [0.1, 0.15) is 12.7 Å². The van der Waals surface area contributed by atoms with Crippen LogP contribution < -0.4 is 4.90 Å². The minimum atomic E-state index is -0.0894. The van der Waals surface area contributed by atoms with Gasteiger partial charge in [0.25, 0.3) is 5.91 Å². The summed E-state index contributed by atoms with van der Waals surface area (Å²) in [6.45, 7) is 1.93. The van der Waals surface area contributed by atoms with Crippen molar-refractivity contribution in [2.75, 3.05) is 4.90 Å². The van der Waals surface area contributed by atoms with Crippen molar-refractivity contribution in [3.63, 3.8) is 0 Å². The molecule has 1 saturated heterocycles. The lowest BCUT2D eigenvalue weighted by Gasteiger charge is -2.13. The molecular formula is C17H13NO2S2. The number of hydrogen-bond donors (Lipinski definition) is 0. The van der Waals surface area contributed by atoms with Crippen LogP contribution in [0.2, 0.25) is 0 Å². The number of amides is 1. The smallest absolute Gasteiger partial charge is 0.270 e. The average molecular weight is 327 g/mol. The molecule has 0 saturated carbocycles. The topological polar surface area (TPSA) is 33.5 Å². The van der Waals surface area contributed by atoms with Crippen LogP contribution in [-0.4, -0.2) is 10.2 Å². The Morgan fingerprint density at radius 3 is 2.68 bits per heavy atom. The van der Waals surface area contributed by atoms with Crippen LogP contribution in [0.4, 0.5) is 5.69 Å². The third-order valence-corrected chi connectivity index (χ3v) is 4.38. The molecule has 110 valence electrons. The van der Waals surface area contributed by atoms with Gasteiger partial charge in [0.1, 0.15) is 5.76 Å². The van der Waals surface area contributed by atoms with Gasteiger partial charge in [0.05, 0.1) is 16.9 Å². The van der Waals surface area contributed by atoms with Gasteiger partial charge in [0.15, 0.2) is 4.32 Å². The van der Waals surface area contributed by atoms with E-state index in [0.29, 0.717) is 9.23 Å². The van der Waals surface area contributed by atoms with Gasteiger partial charge < -0.3 is 4.42 Å². The summed E-state index contributed by atoms with van der Waals surface area (Å²) in [6.07, 6.45) is 5.34. The van der Waals surface area contributed by atoms with E-state index < -0.39 is 0 Å². The number of furan rings is 1. The Labute approximate surface area is 138 Å². The van der Waals surface area contributed by atoms with Gasteiger partial charge >= 0.3 is 0 Å². The number of carbonyl (C=O) groups is 1. The second kappa shape index (κ2) is 6.34. The van der Waals surface area contributed by atoms with Crippen LogP contribution in [0, 0.1) is 0 Å². The Bertz CT molecular complexity index is 761. The van der Waals surface area contributed by atoms with Crippen molar-refractivity contribution in [2.24, 2.45) is 0 Å². The molecular weight excluding hydrogens is 314 g/mol. The number of hydrogen-bond acceptors (Lipinski definition) is 4. The minimum Gasteiger partial charge on any atom is -0.465 e. The highest BCUT2D eigenvalue weighted by Crippen LogP contribution is 2.35. The molecule has 1 amide bonds. The summed E-state index contributed by atoms with van der Waals surface area (Å²) in [5, 5.41) is 0. The number of nitrogens with zero attached hydrogens (tertiary/aromatic N) is 1. The van der Waals surface area contributed by atoms with Gasteiger partial charge in [-0.25, -0.2) is 0 Å². The Morgan fingerprint density at radius 2 is 2.00 bits per heavy atom. The zero-order valence-electron chi connectivity index (χ0n) is 11.9. The third kappa shape index (κ3) is 3.05. The molecule has 0 radical (unpaired) electrons. The molecule has 0 aliphatic carbocycles. The van der Waals surface area contributed by atoms with E-state index in [-0.39, 0.29) is 5.91 Å². The molecule has 1 aliphatic heterocycles. The van der Waals surface area contributed by atoms with Gasteiger partial charge in [-0.05, 0) is 48.9 Å². The number of rotatable bonds is 3. The van der Waals surface area contributed by atoms with Crippen molar-refractivity contribution in [3.05, 3.63) is 71.0 Å². The highest BCUT2D eigenvalue weighted by molar-refractivity contribution is 8.27. The van der Waals surface area contributed by atoms with Gasteiger partial charge in [-0.1, -0.05) is 42.2 Å². The molecule has 0 bridgehead atoms. The summed E-state index contributed by atoms with van der Waals surface area (Å²) < 4.78 is 5.82. The van der Waals surface area contributed by atoms with E-state index in [2.05, 4.69) is 0 Å². The van der Waals surface area contributed by atoms with Crippen molar-refractivity contribution in [1.82, 2.24) is 0 Å². The molecule has 1 aromatic carbocycles. The van der Waals surface area contributed by atoms with Crippen LogP contribution in [0.3, 0.4) is 0 Å². The van der Waals surface area contributed by atoms with E-state index in [1.54, 1.807) is 11.2 Å². The van der Waals surface area contributed by atoms with Crippen molar-refractivity contribution in [3.8, 4) is 0 Å². The SMILES string of the molecule is CC(=Cc1ccco1)C=C1SC(=S)N(c2ccccc2)C1=O. The van der Waals surface area contributed by atoms with Crippen LogP contribution in [0.5, 0.6) is 0 Å². The molecule has 0 atom stereocenters. The van der Waals surface area contributed by atoms with Crippen LogP contribution in [0.25, 0.3) is 6.08 Å². The van der Waals surface area contributed by atoms with Crippen molar-refractivity contribution < 1.29 is 9.21 Å². The molecule has 0 unspecified atom stereocenters. The maximum atomic E-state index is 12.6. The second-order valence-corrected chi connectivity index (χ2v) is 6.43. The Hall–Kier alpha value is -2.11. The van der Waals surface area contributed by atoms with E-state index >= 15 is 0 Å². The van der Waals surface area contributed by atoms with Crippen LogP contribution in [-0.2, 0) is 4.79 Å². The molecule has 22 heavy (non-hydrogen) atoms. The number of thiocarbonyl (C=S) groups is 1. The Kier molecular flexibility index (Phi) is 4.27. The molecule has 5 heteroatoms. The maximum Gasteiger partial charge on any atom is 0.270 e. The fourth-order valence-electron chi connectivity index (χ4n) is 2.11. The lowest BCUT2D eigenvalue weighted by atomic mass is 10.2. The third-order valence-electron chi connectivity index (χ3n) is 3.08. The quantitative estimate of drug-likeness (QED) is 0.608. The van der Waals surface area contributed by atoms with Crippen molar-refractivity contribution in [2.45, 2.75) is 6.92 Å². The maximum absolute atomic E-state index is 12.6. The Morgan fingerprint density at radius 1 is 1.23 bits per heavy atom. The molecule has 2 heterocycles. The van der Waals surface area contributed by atoms with Gasteiger partial charge in [-0.15, -0.1) is 0 Å². The molecule has 1 aromatic heterocycles. The van der Waals surface area contributed by atoms with Crippen LogP contribution >= 0.6 is 24.0 Å². The number of thioether (sulfide) groups is 1. The standard InChI is InChI=1S/C17H13NO2S2/c1-12(10-14-8-5-9-20-14)11-15-16(19)18(17(21)22-15)13-6-3-2-4-7-13/h2-11H,1H3. The first-order valence-corrected chi connectivity index (χ1v) is 7.92. The predicted molar refractivity (Wildman–Crippen MR) is 94.6 cm³/mol. The average Bonchev–Trinajstić information content (AvgIpc) is 3.09. The lowest BCUT2D eigenvalue weighted by molar-refractivity contribution is -0.113. The van der Waals surface area contributed by atoms with E-state index in [4.69, 9.17) is 16.6 Å². The molecule has 1 fully saturated rings. The first-order chi connectivity index (χ1) is 10.6. The lowest BCUT2D eigenvalue weighted by Crippen LogP contribution is -2.27. The largest absolute Gasteiger partial charge is 0.465 e. The fourth-order valence-corrected chi connectivity index (χ4v) is 3.46. The molecule has 2 aromatic rings. The molecule has 1 aliphatic rings. The van der Waals surface area contributed by atoms with Crippen molar-refractivity contribution >= 4 is 46.0 Å². The molecule has 3 nitrogen and oxygen atoms in total. The molecule has 0 N–H and O–H groups in total. The second-order valence-electron chi connectivity index (χ2n) is 4.76. The highest BCUT2D eigenvalue weighted by Gasteiger charge is 2.33. The van der Waals surface area contributed by atoms with Gasteiger partial charge in [-0.3, -0.25) is 9.69 Å². The Balaban J connectivity index is 1.86. The number of para-hydroxylation sites is 1. The summed E-state index contributed by atoms with van der Waals surface area (Å²) >= 11 is 6.65. The molecule has 0 spiro atoms. The first kappa shape index (κ1) is 14.8. The van der Waals surface area contributed by atoms with Gasteiger partial charge in [0, 0.05) is 0 Å². The van der Waals surface area contributed by atoms with E-state index in [9.17, 15) is 4.79 Å². The van der Waals surface area contributed by atoms with E-state index in [1.165, 1.54) is 11.8 Å². The minimum absolute atomic E-state index is 0.0894. The number of benzene rings is 1. The number of carbonyl (C=O) groups excluding carboxylic acids is 1. The summed E-state index contributed by atoms with van der Waals surface area (Å²) in [4.78, 5) is 14.7. The number of allylic oxidation sites excluding steroid dienone is 2. The van der Waals surface area contributed by atoms with Crippen molar-refractivity contribution in [1.29, 1.82) is 0 Å². The zero-order chi connectivity index (χ0) is 15.5. The normalized spacial score (nSPS) is 17.6. The zero-order valence-corrected chi connectivity index (χ0v) is 13.5. The predicted octanol–water partition coefficient (Wildman–Crippen LogP) is 4.63. The van der Waals surface area contributed by atoms with E-state index in [0.717, 1.165) is 17.0 Å². The number of anilines is 1. The van der Waals surface area contributed by atoms with Crippen LogP contribution in [0.15, 0.2) is 69.7 Å². The van der Waals surface area contributed by atoms with Gasteiger partial charge in [0.2, 0.25) is 0 Å². The highest BCUT2D eigenvalue weighted by atomic mass is 32.2. The monoisotopic (exact) mass is 327 g/mol. The fraction of sp³-hybridized carbons (Fsp3) is 0.0588. The first-order valence-electron chi connectivity index (χ1n) is 6.70. The molecule has 3 rings (SSSR count). The van der Waals surface area contributed by atoms with Gasteiger partial charge in [-0.2, -0.15) is 0 Å². The summed E-state index contributed by atoms with van der Waals surface area (Å²) in [5.74, 6) is 0.667. The summed E-state index contributed by atoms with van der Waals surface area (Å²) in [5.41, 5.74) is 1.73. The van der Waals surface area contributed by atoms with E-state index in [1.807, 2.05) is 61.5 Å². The summed E-state index contributed by atoms with van der Waals surface area (Å²) in [6, 6.07) is 13.1.